The lowest BCUT2D eigenvalue weighted by atomic mass is 9.77. The summed E-state index contributed by atoms with van der Waals surface area (Å²) in [7, 11) is 2.02. The molecule has 0 fully saturated rings. The van der Waals surface area contributed by atoms with Crippen LogP contribution < -0.4 is 5.32 Å². The molecule has 0 bridgehead atoms. The van der Waals surface area contributed by atoms with Gasteiger partial charge in [-0.25, -0.2) is 0 Å². The molecule has 4 heteroatoms. The molecule has 2 atom stereocenters. The summed E-state index contributed by atoms with van der Waals surface area (Å²) in [5, 5.41) is 4.86. The topological polar surface area (TPSA) is 12.0 Å². The molecule has 112 valence electrons. The first-order chi connectivity index (χ1) is 9.70. The molecule has 0 amide bonds. The molecule has 1 N–H and O–H groups in total. The molecule has 0 heterocycles. The molecule has 0 aliphatic heterocycles. The fraction of sp³-hybridized carbons (Fsp3) is 0.294. The number of halogens is 3. The van der Waals surface area contributed by atoms with Gasteiger partial charge < -0.3 is 5.32 Å². The van der Waals surface area contributed by atoms with Gasteiger partial charge in [-0.2, -0.15) is 0 Å². The molecule has 2 aromatic carbocycles. The zero-order valence-electron chi connectivity index (χ0n) is 11.8. The van der Waals surface area contributed by atoms with E-state index in [9.17, 15) is 0 Å². The van der Waals surface area contributed by atoms with Crippen molar-refractivity contribution in [1.29, 1.82) is 0 Å². The highest BCUT2D eigenvalue weighted by Gasteiger charge is 2.28. The van der Waals surface area contributed by atoms with Gasteiger partial charge >= 0.3 is 0 Å². The number of benzene rings is 2. The molecule has 1 nitrogen and oxygen atoms in total. The molecule has 3 rings (SSSR count). The Balaban J connectivity index is 0.00000161. The van der Waals surface area contributed by atoms with Crippen LogP contribution in [0.3, 0.4) is 0 Å². The molecular formula is C17H18Cl3N. The third-order valence-electron chi connectivity index (χ3n) is 4.18. The van der Waals surface area contributed by atoms with E-state index >= 15 is 0 Å². The summed E-state index contributed by atoms with van der Waals surface area (Å²) in [5.74, 6) is 0.362. The van der Waals surface area contributed by atoms with Gasteiger partial charge in [0.25, 0.3) is 0 Å². The van der Waals surface area contributed by atoms with E-state index in [0.29, 0.717) is 17.0 Å². The van der Waals surface area contributed by atoms with Crippen molar-refractivity contribution in [2.75, 3.05) is 7.05 Å². The van der Waals surface area contributed by atoms with Crippen LogP contribution >= 0.6 is 35.6 Å². The van der Waals surface area contributed by atoms with E-state index in [2.05, 4.69) is 35.6 Å². The monoisotopic (exact) mass is 341 g/mol. The van der Waals surface area contributed by atoms with Crippen molar-refractivity contribution in [3.05, 3.63) is 69.2 Å². The van der Waals surface area contributed by atoms with E-state index in [4.69, 9.17) is 23.2 Å². The quantitative estimate of drug-likeness (QED) is 0.749. The van der Waals surface area contributed by atoms with Crippen LogP contribution in [0.1, 0.15) is 41.5 Å². The fourth-order valence-corrected chi connectivity index (χ4v) is 3.74. The van der Waals surface area contributed by atoms with Crippen LogP contribution in [-0.4, -0.2) is 7.05 Å². The van der Waals surface area contributed by atoms with Crippen LogP contribution in [0, 0.1) is 0 Å². The Kier molecular flexibility index (Phi) is 5.56. The Bertz CT molecular complexity index is 627. The van der Waals surface area contributed by atoms with Crippen molar-refractivity contribution >= 4 is 35.6 Å². The van der Waals surface area contributed by atoms with Crippen LogP contribution in [0.4, 0.5) is 0 Å². The zero-order valence-corrected chi connectivity index (χ0v) is 14.1. The Morgan fingerprint density at radius 3 is 2.33 bits per heavy atom. The van der Waals surface area contributed by atoms with Crippen LogP contribution in [0.2, 0.25) is 10.0 Å². The Morgan fingerprint density at radius 1 is 0.952 bits per heavy atom. The van der Waals surface area contributed by atoms with Gasteiger partial charge in [-0.3, -0.25) is 0 Å². The summed E-state index contributed by atoms with van der Waals surface area (Å²) in [6.07, 6.45) is 2.22. The van der Waals surface area contributed by atoms with Gasteiger partial charge in [-0.05, 0) is 48.7 Å². The smallest absolute Gasteiger partial charge is 0.0459 e. The van der Waals surface area contributed by atoms with Gasteiger partial charge in [-0.15, -0.1) is 12.4 Å². The van der Waals surface area contributed by atoms with Crippen LogP contribution in [0.25, 0.3) is 0 Å². The summed E-state index contributed by atoms with van der Waals surface area (Å²) >= 11 is 12.4. The van der Waals surface area contributed by atoms with Gasteiger partial charge in [0.1, 0.15) is 0 Å². The number of rotatable bonds is 2. The van der Waals surface area contributed by atoms with Gasteiger partial charge in [0.2, 0.25) is 0 Å². The van der Waals surface area contributed by atoms with Crippen LogP contribution in [-0.2, 0) is 0 Å². The lowest BCUT2D eigenvalue weighted by Crippen LogP contribution is -2.24. The minimum Gasteiger partial charge on any atom is -0.313 e. The van der Waals surface area contributed by atoms with Crippen molar-refractivity contribution in [2.45, 2.75) is 24.8 Å². The van der Waals surface area contributed by atoms with E-state index < -0.39 is 0 Å². The Morgan fingerprint density at radius 2 is 1.67 bits per heavy atom. The summed E-state index contributed by atoms with van der Waals surface area (Å²) in [6.45, 7) is 0. The largest absolute Gasteiger partial charge is 0.313 e. The highest BCUT2D eigenvalue weighted by atomic mass is 35.5. The predicted octanol–water partition coefficient (Wildman–Crippen LogP) is 5.60. The molecule has 0 spiro atoms. The highest BCUT2D eigenvalue weighted by Crippen LogP contribution is 2.43. The zero-order chi connectivity index (χ0) is 14.1. The number of hydrogen-bond donors (Lipinski definition) is 1. The molecular weight excluding hydrogens is 325 g/mol. The van der Waals surface area contributed by atoms with Gasteiger partial charge in [0.15, 0.2) is 0 Å². The molecule has 0 aromatic heterocycles. The molecule has 1 aliphatic rings. The third-order valence-corrected chi connectivity index (χ3v) is 4.74. The van der Waals surface area contributed by atoms with Crippen molar-refractivity contribution in [1.82, 2.24) is 5.32 Å². The third kappa shape index (κ3) is 3.22. The average molecular weight is 343 g/mol. The van der Waals surface area contributed by atoms with Gasteiger partial charge in [0, 0.05) is 22.0 Å². The molecule has 21 heavy (non-hydrogen) atoms. The van der Waals surface area contributed by atoms with Gasteiger partial charge in [-0.1, -0.05) is 53.5 Å². The highest BCUT2D eigenvalue weighted by molar-refractivity contribution is 6.35. The fourth-order valence-electron chi connectivity index (χ4n) is 3.20. The van der Waals surface area contributed by atoms with Gasteiger partial charge in [0.05, 0.1) is 0 Å². The first-order valence-electron chi connectivity index (χ1n) is 6.91. The average Bonchev–Trinajstić information content (AvgIpc) is 2.47. The van der Waals surface area contributed by atoms with E-state index in [1.54, 1.807) is 0 Å². The second kappa shape index (κ2) is 7.02. The lowest BCUT2D eigenvalue weighted by molar-refractivity contribution is 0.471. The maximum absolute atomic E-state index is 6.40. The normalized spacial score (nSPS) is 20.5. The maximum Gasteiger partial charge on any atom is 0.0459 e. The van der Waals surface area contributed by atoms with E-state index in [1.165, 1.54) is 16.7 Å². The standard InChI is InChI=1S/C17H17Cl2N.ClH/c1-20-17-9-8-13(12-4-2-3-5-15(12)17)14-7-6-11(18)10-16(14)19;/h2-7,10,13,17,20H,8-9H2,1H3;1H. The Labute approximate surface area is 142 Å². The minimum absolute atomic E-state index is 0. The first kappa shape index (κ1) is 16.6. The molecule has 0 saturated heterocycles. The van der Waals surface area contributed by atoms with Crippen LogP contribution in [0.15, 0.2) is 42.5 Å². The summed E-state index contributed by atoms with van der Waals surface area (Å²) < 4.78 is 0. The molecule has 1 aliphatic carbocycles. The van der Waals surface area contributed by atoms with E-state index in [-0.39, 0.29) is 12.4 Å². The van der Waals surface area contributed by atoms with Crippen molar-refractivity contribution < 1.29 is 0 Å². The maximum atomic E-state index is 6.40. The number of fused-ring (bicyclic) bond motifs is 1. The van der Waals surface area contributed by atoms with Crippen molar-refractivity contribution in [2.24, 2.45) is 0 Å². The SMILES string of the molecule is CNC1CCC(c2ccc(Cl)cc2Cl)c2ccccc21.Cl. The summed E-state index contributed by atoms with van der Waals surface area (Å²) in [5.41, 5.74) is 3.94. The second-order valence-corrected chi connectivity index (χ2v) is 6.11. The number of hydrogen-bond acceptors (Lipinski definition) is 1. The second-order valence-electron chi connectivity index (χ2n) is 5.27. The first-order valence-corrected chi connectivity index (χ1v) is 7.67. The predicted molar refractivity (Wildman–Crippen MR) is 93.0 cm³/mol. The van der Waals surface area contributed by atoms with E-state index in [0.717, 1.165) is 17.9 Å². The van der Waals surface area contributed by atoms with Crippen LogP contribution in [0.5, 0.6) is 0 Å². The number of nitrogens with one attached hydrogen (secondary N) is 1. The Hall–Kier alpha value is -0.730. The molecule has 0 saturated carbocycles. The molecule has 2 aromatic rings. The van der Waals surface area contributed by atoms with Crippen molar-refractivity contribution in [3.63, 3.8) is 0 Å². The lowest BCUT2D eigenvalue weighted by Gasteiger charge is -2.32. The summed E-state index contributed by atoms with van der Waals surface area (Å²) in [4.78, 5) is 0. The molecule has 0 radical (unpaired) electrons. The summed E-state index contributed by atoms with van der Waals surface area (Å²) in [6, 6.07) is 14.9. The van der Waals surface area contributed by atoms with E-state index in [1.807, 2.05) is 19.2 Å². The van der Waals surface area contributed by atoms with Crippen molar-refractivity contribution in [3.8, 4) is 0 Å². The minimum atomic E-state index is 0. The molecule has 2 unspecified atom stereocenters.